The summed E-state index contributed by atoms with van der Waals surface area (Å²) in [6.07, 6.45) is 0.499. The molecule has 0 aliphatic carbocycles. The van der Waals surface area contributed by atoms with Gasteiger partial charge >= 0.3 is 0 Å². The first kappa shape index (κ1) is 15.6. The van der Waals surface area contributed by atoms with Crippen LogP contribution < -0.4 is 4.90 Å². The van der Waals surface area contributed by atoms with Crippen molar-refractivity contribution in [3.63, 3.8) is 0 Å². The van der Waals surface area contributed by atoms with Gasteiger partial charge in [0, 0.05) is 38.4 Å². The molecule has 3 rings (SSSR count). The molecule has 1 heterocycles. The lowest BCUT2D eigenvalue weighted by molar-refractivity contribution is 0.249. The second-order valence-electron chi connectivity index (χ2n) is 6.21. The molecule has 23 heavy (non-hydrogen) atoms. The Kier molecular flexibility index (Phi) is 4.95. The Balaban J connectivity index is 1.61. The van der Waals surface area contributed by atoms with Crippen molar-refractivity contribution in [1.82, 2.24) is 4.90 Å². The molecule has 0 N–H and O–H groups in total. The molecule has 2 aromatic rings. The van der Waals surface area contributed by atoms with Crippen LogP contribution in [-0.2, 0) is 13.0 Å². The molecule has 0 aromatic heterocycles. The van der Waals surface area contributed by atoms with Crippen LogP contribution in [-0.4, -0.2) is 31.1 Å². The van der Waals surface area contributed by atoms with E-state index in [9.17, 15) is 0 Å². The van der Waals surface area contributed by atoms with E-state index >= 15 is 0 Å². The van der Waals surface area contributed by atoms with Crippen LogP contribution in [0.3, 0.4) is 0 Å². The summed E-state index contributed by atoms with van der Waals surface area (Å²) in [6, 6.07) is 19.3. The van der Waals surface area contributed by atoms with Gasteiger partial charge < -0.3 is 4.90 Å². The zero-order chi connectivity index (χ0) is 16.1. The van der Waals surface area contributed by atoms with E-state index in [1.165, 1.54) is 16.8 Å². The van der Waals surface area contributed by atoms with E-state index in [1.54, 1.807) is 0 Å². The Labute approximate surface area is 138 Å². The minimum absolute atomic E-state index is 0.499. The maximum Gasteiger partial charge on any atom is 0.0669 e. The number of aryl methyl sites for hydroxylation is 1. The van der Waals surface area contributed by atoms with Crippen LogP contribution in [0.1, 0.15) is 16.7 Å². The number of hydrogen-bond donors (Lipinski definition) is 0. The van der Waals surface area contributed by atoms with Crippen LogP contribution in [0.4, 0.5) is 5.69 Å². The molecule has 0 spiro atoms. The number of rotatable bonds is 4. The van der Waals surface area contributed by atoms with Crippen molar-refractivity contribution in [3.8, 4) is 6.07 Å². The van der Waals surface area contributed by atoms with Crippen LogP contribution in [0.5, 0.6) is 0 Å². The third kappa shape index (κ3) is 3.91. The molecular weight excluding hydrogens is 282 g/mol. The van der Waals surface area contributed by atoms with E-state index in [4.69, 9.17) is 5.26 Å². The van der Waals surface area contributed by atoms with Gasteiger partial charge in [-0.2, -0.15) is 5.26 Å². The summed E-state index contributed by atoms with van der Waals surface area (Å²) in [7, 11) is 0. The summed E-state index contributed by atoms with van der Waals surface area (Å²) < 4.78 is 0. The fourth-order valence-electron chi connectivity index (χ4n) is 3.20. The van der Waals surface area contributed by atoms with Crippen molar-refractivity contribution in [1.29, 1.82) is 5.26 Å². The Morgan fingerprint density at radius 2 is 1.70 bits per heavy atom. The first-order chi connectivity index (χ1) is 11.3. The van der Waals surface area contributed by atoms with Crippen molar-refractivity contribution in [2.75, 3.05) is 31.1 Å². The fraction of sp³-hybridized carbons (Fsp3) is 0.350. The number of anilines is 1. The monoisotopic (exact) mass is 305 g/mol. The Bertz CT molecular complexity index is 694. The second-order valence-corrected chi connectivity index (χ2v) is 6.21. The molecule has 2 aromatic carbocycles. The quantitative estimate of drug-likeness (QED) is 0.867. The fourth-order valence-corrected chi connectivity index (χ4v) is 3.20. The zero-order valence-corrected chi connectivity index (χ0v) is 13.7. The summed E-state index contributed by atoms with van der Waals surface area (Å²) in [5.41, 5.74) is 5.10. The molecule has 118 valence electrons. The predicted octanol–water partition coefficient (Wildman–Crippen LogP) is 3.38. The molecule has 0 radical (unpaired) electrons. The number of nitriles is 1. The van der Waals surface area contributed by atoms with Crippen molar-refractivity contribution in [2.24, 2.45) is 0 Å². The van der Waals surface area contributed by atoms with Crippen molar-refractivity contribution in [3.05, 3.63) is 65.2 Å². The van der Waals surface area contributed by atoms with Crippen LogP contribution >= 0.6 is 0 Å². The highest BCUT2D eigenvalue weighted by molar-refractivity contribution is 5.48. The van der Waals surface area contributed by atoms with Crippen molar-refractivity contribution >= 4 is 5.69 Å². The largest absolute Gasteiger partial charge is 0.369 e. The molecule has 0 unspecified atom stereocenters. The van der Waals surface area contributed by atoms with Gasteiger partial charge in [-0.1, -0.05) is 36.4 Å². The molecule has 0 atom stereocenters. The van der Waals surface area contributed by atoms with Gasteiger partial charge in [0.15, 0.2) is 0 Å². The summed E-state index contributed by atoms with van der Waals surface area (Å²) in [5.74, 6) is 0. The minimum Gasteiger partial charge on any atom is -0.369 e. The van der Waals surface area contributed by atoms with E-state index in [0.717, 1.165) is 38.3 Å². The lowest BCUT2D eigenvalue weighted by Crippen LogP contribution is -2.46. The predicted molar refractivity (Wildman–Crippen MR) is 94.4 cm³/mol. The van der Waals surface area contributed by atoms with E-state index < -0.39 is 0 Å². The van der Waals surface area contributed by atoms with Crippen LogP contribution in [0.15, 0.2) is 48.5 Å². The van der Waals surface area contributed by atoms with Gasteiger partial charge in [0.1, 0.15) is 0 Å². The third-order valence-corrected chi connectivity index (χ3v) is 4.52. The number of benzene rings is 2. The molecule has 3 nitrogen and oxygen atoms in total. The van der Waals surface area contributed by atoms with Crippen molar-refractivity contribution in [2.45, 2.75) is 19.9 Å². The van der Waals surface area contributed by atoms with Gasteiger partial charge in [-0.05, 0) is 35.7 Å². The average Bonchev–Trinajstić information content (AvgIpc) is 2.58. The van der Waals surface area contributed by atoms with Gasteiger partial charge in [-0.15, -0.1) is 0 Å². The third-order valence-electron chi connectivity index (χ3n) is 4.52. The molecule has 3 heteroatoms. The molecule has 0 amide bonds. The van der Waals surface area contributed by atoms with Gasteiger partial charge in [-0.25, -0.2) is 0 Å². The lowest BCUT2D eigenvalue weighted by Gasteiger charge is -2.36. The standard InChI is InChI=1S/C20H23N3/c1-17-5-4-8-20(15-17)23-13-11-22(12-14-23)16-19-7-3-2-6-18(19)9-10-21/h2-8,15H,9,11-14,16H2,1H3. The molecule has 1 fully saturated rings. The van der Waals surface area contributed by atoms with E-state index in [0.29, 0.717) is 6.42 Å². The Morgan fingerprint density at radius 1 is 0.957 bits per heavy atom. The van der Waals surface area contributed by atoms with Crippen molar-refractivity contribution < 1.29 is 0 Å². The highest BCUT2D eigenvalue weighted by atomic mass is 15.3. The molecule has 1 aliphatic rings. The van der Waals surface area contributed by atoms with Crippen LogP contribution in [0, 0.1) is 18.3 Å². The summed E-state index contributed by atoms with van der Waals surface area (Å²) in [5, 5.41) is 8.96. The summed E-state index contributed by atoms with van der Waals surface area (Å²) in [6.45, 7) is 7.34. The number of nitrogens with zero attached hydrogens (tertiary/aromatic N) is 3. The van der Waals surface area contributed by atoms with Gasteiger partial charge in [0.2, 0.25) is 0 Å². The second kappa shape index (κ2) is 7.30. The molecule has 1 aliphatic heterocycles. The highest BCUT2D eigenvalue weighted by Gasteiger charge is 2.18. The van der Waals surface area contributed by atoms with E-state index in [2.05, 4.69) is 65.3 Å². The topological polar surface area (TPSA) is 30.3 Å². The number of hydrogen-bond acceptors (Lipinski definition) is 3. The Morgan fingerprint density at radius 3 is 2.39 bits per heavy atom. The SMILES string of the molecule is Cc1cccc(N2CCN(Cc3ccccc3CC#N)CC2)c1. The molecule has 1 saturated heterocycles. The molecule has 0 saturated carbocycles. The summed E-state index contributed by atoms with van der Waals surface area (Å²) >= 11 is 0. The molecule has 0 bridgehead atoms. The lowest BCUT2D eigenvalue weighted by atomic mass is 10.0. The van der Waals surface area contributed by atoms with Gasteiger partial charge in [0.25, 0.3) is 0 Å². The normalized spacial score (nSPS) is 15.4. The van der Waals surface area contributed by atoms with E-state index in [1.807, 2.05) is 6.07 Å². The van der Waals surface area contributed by atoms with Gasteiger partial charge in [-0.3, -0.25) is 4.90 Å². The molecular formula is C20H23N3. The smallest absolute Gasteiger partial charge is 0.0669 e. The summed E-state index contributed by atoms with van der Waals surface area (Å²) in [4.78, 5) is 4.95. The maximum atomic E-state index is 8.96. The maximum absolute atomic E-state index is 8.96. The van der Waals surface area contributed by atoms with Crippen LogP contribution in [0.25, 0.3) is 0 Å². The van der Waals surface area contributed by atoms with E-state index in [-0.39, 0.29) is 0 Å². The van der Waals surface area contributed by atoms with Crippen LogP contribution in [0.2, 0.25) is 0 Å². The minimum atomic E-state index is 0.499. The zero-order valence-electron chi connectivity index (χ0n) is 13.7. The highest BCUT2D eigenvalue weighted by Crippen LogP contribution is 2.19. The first-order valence-corrected chi connectivity index (χ1v) is 8.24. The average molecular weight is 305 g/mol. The first-order valence-electron chi connectivity index (χ1n) is 8.24. The van der Waals surface area contributed by atoms with Gasteiger partial charge in [0.05, 0.1) is 12.5 Å². The Hall–Kier alpha value is -2.31. The number of piperazine rings is 1.